The predicted molar refractivity (Wildman–Crippen MR) is 152 cm³/mol. The number of fused-ring (bicyclic) bond motifs is 1. The number of Topliss-reactive ketones (excluding diaryl/α,β-unsaturated/α-hetero) is 1. The Hall–Kier alpha value is -4.22. The molecule has 0 radical (unpaired) electrons. The number of aryl methyl sites for hydroxylation is 2. The summed E-state index contributed by atoms with van der Waals surface area (Å²) in [5.74, 6) is -3.70. The highest BCUT2D eigenvalue weighted by atomic mass is 32.2. The maximum atomic E-state index is 13.9. The smallest absolute Gasteiger partial charge is 0.241 e. The predicted octanol–water partition coefficient (Wildman–Crippen LogP) is 4.12. The second-order valence-corrected chi connectivity index (χ2v) is 11.7. The van der Waals surface area contributed by atoms with Gasteiger partial charge in [-0.3, -0.25) is 9.59 Å². The van der Waals surface area contributed by atoms with Crippen LogP contribution in [0.5, 0.6) is 0 Å². The monoisotopic (exact) mass is 580 g/mol. The molecule has 4 rings (SSSR count). The number of sulfonamides is 1. The zero-order chi connectivity index (χ0) is 29.7. The van der Waals surface area contributed by atoms with Crippen molar-refractivity contribution in [3.63, 3.8) is 0 Å². The number of aromatic nitrogens is 1. The Kier molecular flexibility index (Phi) is 9.09. The van der Waals surface area contributed by atoms with Gasteiger partial charge in [-0.2, -0.15) is 0 Å². The average Bonchev–Trinajstić information content (AvgIpc) is 2.93. The minimum absolute atomic E-state index is 0.0571. The molecule has 3 aromatic carbocycles. The summed E-state index contributed by atoms with van der Waals surface area (Å²) in [6.07, 6.45) is 1.20. The largest absolute Gasteiger partial charge is 0.383 e. The van der Waals surface area contributed by atoms with E-state index in [2.05, 4.69) is 15.0 Å². The Morgan fingerprint density at radius 1 is 0.951 bits per heavy atom. The van der Waals surface area contributed by atoms with Crippen molar-refractivity contribution in [1.29, 1.82) is 0 Å². The molecule has 0 saturated heterocycles. The molecular formula is C30H30F2N4O4S. The zero-order valence-corrected chi connectivity index (χ0v) is 23.4. The van der Waals surface area contributed by atoms with E-state index >= 15 is 0 Å². The summed E-state index contributed by atoms with van der Waals surface area (Å²) in [5, 5.41) is 4.41. The molecule has 0 aliphatic rings. The number of amides is 1. The summed E-state index contributed by atoms with van der Waals surface area (Å²) < 4.78 is 55.3. The van der Waals surface area contributed by atoms with Crippen LogP contribution in [0.1, 0.15) is 28.7 Å². The van der Waals surface area contributed by atoms with E-state index in [1.54, 1.807) is 50.4 Å². The first-order chi connectivity index (χ1) is 19.4. The van der Waals surface area contributed by atoms with Crippen LogP contribution in [-0.4, -0.2) is 31.6 Å². The van der Waals surface area contributed by atoms with E-state index in [9.17, 15) is 26.8 Å². The highest BCUT2D eigenvalue weighted by Gasteiger charge is 2.25. The number of carbonyl (C=O) groups is 2. The second kappa shape index (κ2) is 12.5. The van der Waals surface area contributed by atoms with Crippen molar-refractivity contribution >= 4 is 38.3 Å². The number of anilines is 1. The molecule has 1 heterocycles. The first-order valence-corrected chi connectivity index (χ1v) is 14.3. The quantitative estimate of drug-likeness (QED) is 0.245. The van der Waals surface area contributed by atoms with Crippen LogP contribution >= 0.6 is 0 Å². The van der Waals surface area contributed by atoms with Crippen molar-refractivity contribution in [1.82, 2.24) is 15.0 Å². The third-order valence-corrected chi connectivity index (χ3v) is 8.27. The summed E-state index contributed by atoms with van der Waals surface area (Å²) in [5.41, 5.74) is 8.27. The van der Waals surface area contributed by atoms with Gasteiger partial charge in [-0.25, -0.2) is 26.9 Å². The van der Waals surface area contributed by atoms with Gasteiger partial charge in [0.15, 0.2) is 11.6 Å². The zero-order valence-electron chi connectivity index (χ0n) is 22.6. The molecular weight excluding hydrogens is 550 g/mol. The lowest BCUT2D eigenvalue weighted by Crippen LogP contribution is -2.36. The molecule has 4 N–H and O–H groups in total. The molecule has 214 valence electrons. The highest BCUT2D eigenvalue weighted by Crippen LogP contribution is 2.21. The Morgan fingerprint density at radius 2 is 1.71 bits per heavy atom. The number of benzene rings is 3. The molecule has 0 fully saturated rings. The molecule has 4 aromatic rings. The van der Waals surface area contributed by atoms with Crippen LogP contribution < -0.4 is 15.8 Å². The van der Waals surface area contributed by atoms with Gasteiger partial charge in [0.05, 0.1) is 11.4 Å². The lowest BCUT2D eigenvalue weighted by atomic mass is 9.93. The van der Waals surface area contributed by atoms with Gasteiger partial charge in [-0.15, -0.1) is 0 Å². The van der Waals surface area contributed by atoms with Crippen LogP contribution in [0.25, 0.3) is 10.8 Å². The molecule has 8 nitrogen and oxygen atoms in total. The van der Waals surface area contributed by atoms with Crippen molar-refractivity contribution in [2.75, 3.05) is 12.3 Å². The fraction of sp³-hybridized carbons (Fsp3) is 0.233. The highest BCUT2D eigenvalue weighted by molar-refractivity contribution is 7.89. The van der Waals surface area contributed by atoms with Crippen LogP contribution in [0, 0.1) is 31.4 Å². The molecule has 11 heteroatoms. The summed E-state index contributed by atoms with van der Waals surface area (Å²) in [7, 11) is -3.98. The fourth-order valence-electron chi connectivity index (χ4n) is 4.50. The number of rotatable bonds is 11. The minimum atomic E-state index is -3.98. The molecule has 0 aliphatic heterocycles. The number of nitrogens with two attached hydrogens (primary N) is 1. The van der Waals surface area contributed by atoms with Gasteiger partial charge in [-0.1, -0.05) is 30.3 Å². The van der Waals surface area contributed by atoms with Gasteiger partial charge in [0, 0.05) is 30.5 Å². The minimum Gasteiger partial charge on any atom is -0.383 e. The fourth-order valence-corrected chi connectivity index (χ4v) is 5.84. The molecule has 0 bridgehead atoms. The Morgan fingerprint density at radius 3 is 2.46 bits per heavy atom. The van der Waals surface area contributed by atoms with E-state index < -0.39 is 45.8 Å². The summed E-state index contributed by atoms with van der Waals surface area (Å²) in [6, 6.07) is 15.5. The Bertz CT molecular complexity index is 1730. The number of hydrogen-bond donors (Lipinski definition) is 3. The molecule has 1 aromatic heterocycles. The standard InChI is InChI=1S/C30H30F2N4O4S/c1-18-3-4-19(2)28(11-18)41(39,40)36-17-24(37)15-23(12-20-6-8-26(31)27(32)14-20)30(38)35-16-21-5-7-25-22(13-21)9-10-34-29(25)33/h3-11,13-14,23,36H,12,15-17H2,1-2H3,(H2,33,34)(H,35,38)/t23-/m1/s1. The molecule has 0 saturated carbocycles. The van der Waals surface area contributed by atoms with E-state index in [-0.39, 0.29) is 24.3 Å². The van der Waals surface area contributed by atoms with Crippen molar-refractivity contribution in [3.8, 4) is 0 Å². The van der Waals surface area contributed by atoms with Crippen LogP contribution in [0.3, 0.4) is 0 Å². The van der Waals surface area contributed by atoms with Crippen molar-refractivity contribution in [3.05, 3.63) is 101 Å². The molecule has 0 spiro atoms. The number of nitrogens with zero attached hydrogens (tertiary/aromatic N) is 1. The van der Waals surface area contributed by atoms with Crippen LogP contribution in [0.15, 0.2) is 71.8 Å². The van der Waals surface area contributed by atoms with Crippen molar-refractivity contribution < 1.29 is 26.8 Å². The maximum Gasteiger partial charge on any atom is 0.241 e. The molecule has 0 aliphatic carbocycles. The van der Waals surface area contributed by atoms with E-state index in [1.807, 2.05) is 6.07 Å². The molecule has 0 unspecified atom stereocenters. The Balaban J connectivity index is 1.47. The van der Waals surface area contributed by atoms with Gasteiger partial charge in [0.1, 0.15) is 11.6 Å². The molecule has 1 atom stereocenters. The summed E-state index contributed by atoms with van der Waals surface area (Å²) >= 11 is 0. The number of pyridine rings is 1. The van der Waals surface area contributed by atoms with Crippen LogP contribution in [0.2, 0.25) is 0 Å². The van der Waals surface area contributed by atoms with Gasteiger partial charge in [0.2, 0.25) is 15.9 Å². The lowest BCUT2D eigenvalue weighted by Gasteiger charge is -2.17. The normalized spacial score (nSPS) is 12.3. The average molecular weight is 581 g/mol. The van der Waals surface area contributed by atoms with Gasteiger partial charge < -0.3 is 11.1 Å². The summed E-state index contributed by atoms with van der Waals surface area (Å²) in [4.78, 5) is 30.2. The SMILES string of the molecule is Cc1ccc(C)c(S(=O)(=O)NCC(=O)C[C@@H](Cc2ccc(F)c(F)c2)C(=O)NCc2ccc3c(N)nccc3c2)c1. The summed E-state index contributed by atoms with van der Waals surface area (Å²) in [6.45, 7) is 3.02. The van der Waals surface area contributed by atoms with Crippen molar-refractivity contribution in [2.45, 2.75) is 38.1 Å². The maximum absolute atomic E-state index is 13.9. The number of nitrogen functional groups attached to an aromatic ring is 1. The number of hydrogen-bond acceptors (Lipinski definition) is 6. The first kappa shape index (κ1) is 29.8. The van der Waals surface area contributed by atoms with Gasteiger partial charge in [0.25, 0.3) is 0 Å². The van der Waals surface area contributed by atoms with E-state index in [0.29, 0.717) is 16.9 Å². The topological polar surface area (TPSA) is 131 Å². The van der Waals surface area contributed by atoms with Gasteiger partial charge in [-0.05, 0) is 78.2 Å². The second-order valence-electron chi connectivity index (χ2n) is 9.96. The van der Waals surface area contributed by atoms with Gasteiger partial charge >= 0.3 is 0 Å². The van der Waals surface area contributed by atoms with Crippen molar-refractivity contribution in [2.24, 2.45) is 5.92 Å². The van der Waals surface area contributed by atoms with E-state index in [0.717, 1.165) is 34.0 Å². The van der Waals surface area contributed by atoms with E-state index in [1.165, 1.54) is 12.1 Å². The number of nitrogens with one attached hydrogen (secondary N) is 2. The van der Waals surface area contributed by atoms with Crippen LogP contribution in [0.4, 0.5) is 14.6 Å². The third kappa shape index (κ3) is 7.50. The number of ketones is 1. The number of halogens is 2. The third-order valence-electron chi connectivity index (χ3n) is 6.73. The lowest BCUT2D eigenvalue weighted by molar-refractivity contribution is -0.129. The number of carbonyl (C=O) groups excluding carboxylic acids is 2. The van der Waals surface area contributed by atoms with Crippen LogP contribution in [-0.2, 0) is 32.6 Å². The first-order valence-electron chi connectivity index (χ1n) is 12.9. The van der Waals surface area contributed by atoms with E-state index in [4.69, 9.17) is 5.73 Å². The Labute approximate surface area is 237 Å². The molecule has 41 heavy (non-hydrogen) atoms. The molecule has 1 amide bonds.